The third-order valence-electron chi connectivity index (χ3n) is 4.95. The van der Waals surface area contributed by atoms with Crippen molar-refractivity contribution in [3.63, 3.8) is 0 Å². The zero-order valence-electron chi connectivity index (χ0n) is 16.1. The minimum atomic E-state index is -4.45. The molecule has 0 spiro atoms. The number of aromatic nitrogens is 5. The molecule has 0 aliphatic heterocycles. The van der Waals surface area contributed by atoms with E-state index in [-0.39, 0.29) is 11.8 Å². The topological polar surface area (TPSA) is 77.1 Å². The quantitative estimate of drug-likeness (QED) is 0.638. The predicted molar refractivity (Wildman–Crippen MR) is 98.6 cm³/mol. The van der Waals surface area contributed by atoms with Crippen molar-refractivity contribution >= 4 is 11.6 Å². The zero-order valence-corrected chi connectivity index (χ0v) is 16.1. The van der Waals surface area contributed by atoms with Crippen molar-refractivity contribution in [2.45, 2.75) is 51.7 Å². The number of halogens is 3. The molecule has 1 saturated carbocycles. The Morgan fingerprint density at radius 1 is 1.28 bits per heavy atom. The summed E-state index contributed by atoms with van der Waals surface area (Å²) in [4.78, 5) is 16.9. The Kier molecular flexibility index (Phi) is 4.79. The van der Waals surface area contributed by atoms with E-state index in [0.717, 1.165) is 30.3 Å². The highest BCUT2D eigenvalue weighted by Crippen LogP contribution is 2.42. The molecule has 0 saturated heterocycles. The maximum atomic E-state index is 13.0. The molecule has 1 aliphatic rings. The largest absolute Gasteiger partial charge is 0.435 e. The summed E-state index contributed by atoms with van der Waals surface area (Å²) in [5.74, 6) is -0.152. The Morgan fingerprint density at radius 2 is 2.03 bits per heavy atom. The third kappa shape index (κ3) is 3.96. The molecule has 0 atom stereocenters. The number of amides is 1. The molecule has 0 bridgehead atoms. The van der Waals surface area contributed by atoms with Gasteiger partial charge in [0.1, 0.15) is 5.56 Å². The normalized spacial score (nSPS) is 14.5. The van der Waals surface area contributed by atoms with Gasteiger partial charge in [-0.15, -0.1) is 0 Å². The Hall–Kier alpha value is -2.91. The number of rotatable bonds is 6. The Balaban J connectivity index is 1.39. The van der Waals surface area contributed by atoms with Crippen molar-refractivity contribution < 1.29 is 18.0 Å². The zero-order chi connectivity index (χ0) is 20.8. The van der Waals surface area contributed by atoms with E-state index in [2.05, 4.69) is 20.5 Å². The van der Waals surface area contributed by atoms with Gasteiger partial charge in [0.05, 0.1) is 6.20 Å². The SMILES string of the molecule is Cc1cc(C)n2ncc(C(=O)NCCCn3nc(C(F)(F)F)cc3C3CC3)c2n1. The van der Waals surface area contributed by atoms with Gasteiger partial charge in [-0.25, -0.2) is 9.50 Å². The molecule has 0 radical (unpaired) electrons. The monoisotopic (exact) mass is 406 g/mol. The summed E-state index contributed by atoms with van der Waals surface area (Å²) < 4.78 is 41.9. The summed E-state index contributed by atoms with van der Waals surface area (Å²) in [5.41, 5.74) is 2.29. The van der Waals surface area contributed by atoms with Crippen LogP contribution in [0.5, 0.6) is 0 Å². The molecule has 0 aromatic carbocycles. The summed E-state index contributed by atoms with van der Waals surface area (Å²) in [6, 6.07) is 3.02. The van der Waals surface area contributed by atoms with Crippen molar-refractivity contribution in [2.24, 2.45) is 0 Å². The molecule has 154 valence electrons. The van der Waals surface area contributed by atoms with Gasteiger partial charge in [-0.05, 0) is 45.2 Å². The van der Waals surface area contributed by atoms with E-state index in [9.17, 15) is 18.0 Å². The van der Waals surface area contributed by atoms with Crippen molar-refractivity contribution in [1.29, 1.82) is 0 Å². The van der Waals surface area contributed by atoms with E-state index in [1.807, 2.05) is 19.9 Å². The molecule has 1 fully saturated rings. The highest BCUT2D eigenvalue weighted by atomic mass is 19.4. The van der Waals surface area contributed by atoms with Crippen LogP contribution in [0.25, 0.3) is 5.65 Å². The van der Waals surface area contributed by atoms with Crippen molar-refractivity contribution in [1.82, 2.24) is 29.7 Å². The molecule has 1 amide bonds. The van der Waals surface area contributed by atoms with E-state index < -0.39 is 11.9 Å². The van der Waals surface area contributed by atoms with Crippen LogP contribution in [0.3, 0.4) is 0 Å². The fraction of sp³-hybridized carbons (Fsp3) is 0.474. The predicted octanol–water partition coefficient (Wildman–Crippen LogP) is 3.26. The van der Waals surface area contributed by atoms with Crippen molar-refractivity contribution in [3.05, 3.63) is 46.7 Å². The van der Waals surface area contributed by atoms with Crippen LogP contribution in [-0.2, 0) is 12.7 Å². The highest BCUT2D eigenvalue weighted by molar-refractivity contribution is 5.99. The molecule has 3 aromatic heterocycles. The van der Waals surface area contributed by atoms with Gasteiger partial charge in [0.25, 0.3) is 5.91 Å². The molecule has 0 unspecified atom stereocenters. The van der Waals surface area contributed by atoms with Crippen LogP contribution in [0.1, 0.15) is 58.3 Å². The fourth-order valence-corrected chi connectivity index (χ4v) is 3.41. The van der Waals surface area contributed by atoms with Gasteiger partial charge >= 0.3 is 6.18 Å². The number of nitrogens with zero attached hydrogens (tertiary/aromatic N) is 5. The first-order valence-corrected chi connectivity index (χ1v) is 9.49. The van der Waals surface area contributed by atoms with Crippen LogP contribution in [-0.4, -0.2) is 36.8 Å². The number of alkyl halides is 3. The lowest BCUT2D eigenvalue weighted by atomic mass is 10.2. The Bertz CT molecular complexity index is 1060. The first-order valence-electron chi connectivity index (χ1n) is 9.49. The van der Waals surface area contributed by atoms with Gasteiger partial charge in [-0.2, -0.15) is 23.4 Å². The lowest BCUT2D eigenvalue weighted by molar-refractivity contribution is -0.141. The molecule has 3 aromatic rings. The molecule has 1 aliphatic carbocycles. The molecular formula is C19H21F3N6O. The van der Waals surface area contributed by atoms with E-state index in [1.54, 1.807) is 4.52 Å². The van der Waals surface area contributed by atoms with Crippen LogP contribution in [0.2, 0.25) is 0 Å². The van der Waals surface area contributed by atoms with E-state index in [4.69, 9.17) is 0 Å². The van der Waals surface area contributed by atoms with E-state index >= 15 is 0 Å². The second-order valence-electron chi connectivity index (χ2n) is 7.39. The number of carbonyl (C=O) groups excluding carboxylic acids is 1. The fourth-order valence-electron chi connectivity index (χ4n) is 3.41. The van der Waals surface area contributed by atoms with Gasteiger partial charge in [0.2, 0.25) is 0 Å². The first-order chi connectivity index (χ1) is 13.7. The van der Waals surface area contributed by atoms with Gasteiger partial charge in [-0.3, -0.25) is 9.48 Å². The molecule has 1 N–H and O–H groups in total. The maximum absolute atomic E-state index is 13.0. The van der Waals surface area contributed by atoms with Gasteiger partial charge in [0.15, 0.2) is 11.3 Å². The molecule has 7 nitrogen and oxygen atoms in total. The summed E-state index contributed by atoms with van der Waals surface area (Å²) >= 11 is 0. The number of hydrogen-bond acceptors (Lipinski definition) is 4. The minimum Gasteiger partial charge on any atom is -0.352 e. The number of carbonyl (C=O) groups is 1. The van der Waals surface area contributed by atoms with E-state index in [0.29, 0.717) is 36.4 Å². The highest BCUT2D eigenvalue weighted by Gasteiger charge is 2.37. The van der Waals surface area contributed by atoms with Gasteiger partial charge < -0.3 is 5.32 Å². The average Bonchev–Trinajstić information content (AvgIpc) is 3.23. The van der Waals surface area contributed by atoms with Crippen molar-refractivity contribution in [2.75, 3.05) is 6.54 Å². The van der Waals surface area contributed by atoms with Gasteiger partial charge in [-0.1, -0.05) is 0 Å². The average molecular weight is 406 g/mol. The first kappa shape index (κ1) is 19.4. The maximum Gasteiger partial charge on any atom is 0.435 e. The summed E-state index contributed by atoms with van der Waals surface area (Å²) in [6.45, 7) is 4.35. The van der Waals surface area contributed by atoms with Crippen LogP contribution < -0.4 is 5.32 Å². The molecule has 3 heterocycles. The van der Waals surface area contributed by atoms with Crippen LogP contribution in [0, 0.1) is 13.8 Å². The Labute approximate surface area is 164 Å². The lowest BCUT2D eigenvalue weighted by Gasteiger charge is -2.08. The van der Waals surface area contributed by atoms with E-state index in [1.165, 1.54) is 10.9 Å². The molecule has 29 heavy (non-hydrogen) atoms. The van der Waals surface area contributed by atoms with Crippen LogP contribution in [0.4, 0.5) is 13.2 Å². The summed E-state index contributed by atoms with van der Waals surface area (Å²) in [7, 11) is 0. The molecule has 10 heteroatoms. The summed E-state index contributed by atoms with van der Waals surface area (Å²) in [5, 5.41) is 10.7. The van der Waals surface area contributed by atoms with Crippen LogP contribution in [0.15, 0.2) is 18.3 Å². The number of aryl methyl sites for hydroxylation is 3. The standard InChI is InChI=1S/C19H21F3N6O/c1-11-8-12(2)28-17(25-11)14(10-24-28)18(29)23-6-3-7-27-15(13-4-5-13)9-16(26-27)19(20,21)22/h8-10,13H,3-7H2,1-2H3,(H,23,29). The second kappa shape index (κ2) is 7.16. The smallest absolute Gasteiger partial charge is 0.352 e. The number of hydrogen-bond donors (Lipinski definition) is 1. The lowest BCUT2D eigenvalue weighted by Crippen LogP contribution is -2.25. The second-order valence-corrected chi connectivity index (χ2v) is 7.39. The molecular weight excluding hydrogens is 385 g/mol. The number of nitrogens with one attached hydrogen (secondary N) is 1. The third-order valence-corrected chi connectivity index (χ3v) is 4.95. The summed E-state index contributed by atoms with van der Waals surface area (Å²) in [6.07, 6.45) is -0.732. The Morgan fingerprint density at radius 3 is 2.72 bits per heavy atom. The molecule has 4 rings (SSSR count). The van der Waals surface area contributed by atoms with Crippen LogP contribution >= 0.6 is 0 Å². The minimum absolute atomic E-state index is 0.157. The number of fused-ring (bicyclic) bond motifs is 1. The van der Waals surface area contributed by atoms with Gasteiger partial charge in [0, 0.05) is 36.1 Å². The van der Waals surface area contributed by atoms with Crippen molar-refractivity contribution in [3.8, 4) is 0 Å².